The minimum Gasteiger partial charge on any atom is -0.360 e. The SMILES string of the molecule is Cc1cc(NS(=O)(=O)c2ccc(Nc3ncc(C)c(Nc4cccc(S(=O)(=O)NC(C)(C)C)c4)n3)cc2)no1. The van der Waals surface area contributed by atoms with Crippen LogP contribution in [0.4, 0.5) is 29.0 Å². The summed E-state index contributed by atoms with van der Waals surface area (Å²) in [6, 6.07) is 13.9. The molecule has 2 heterocycles. The molecule has 2 aromatic heterocycles. The van der Waals surface area contributed by atoms with Gasteiger partial charge in [-0.1, -0.05) is 11.2 Å². The number of nitrogens with one attached hydrogen (secondary N) is 4. The van der Waals surface area contributed by atoms with Gasteiger partial charge in [-0.2, -0.15) is 4.98 Å². The first-order chi connectivity index (χ1) is 18.2. The highest BCUT2D eigenvalue weighted by atomic mass is 32.2. The van der Waals surface area contributed by atoms with E-state index in [1.165, 1.54) is 30.3 Å². The van der Waals surface area contributed by atoms with E-state index in [0.717, 1.165) is 5.56 Å². The summed E-state index contributed by atoms with van der Waals surface area (Å²) in [5.41, 5.74) is 1.20. The minimum atomic E-state index is -3.85. The molecule has 4 rings (SSSR count). The lowest BCUT2D eigenvalue weighted by molar-refractivity contribution is 0.400. The molecule has 0 aliphatic heterocycles. The van der Waals surface area contributed by atoms with Crippen LogP contribution in [-0.2, 0) is 20.0 Å². The summed E-state index contributed by atoms with van der Waals surface area (Å²) in [5.74, 6) is 1.30. The quantitative estimate of drug-likeness (QED) is 0.225. The van der Waals surface area contributed by atoms with E-state index in [4.69, 9.17) is 4.52 Å². The molecule has 206 valence electrons. The molecule has 0 aliphatic carbocycles. The van der Waals surface area contributed by atoms with Crippen LogP contribution >= 0.6 is 0 Å². The van der Waals surface area contributed by atoms with E-state index < -0.39 is 25.6 Å². The second-order valence-electron chi connectivity index (χ2n) is 9.81. The number of hydrogen-bond donors (Lipinski definition) is 4. The third-order valence-corrected chi connectivity index (χ3v) is 8.23. The van der Waals surface area contributed by atoms with E-state index >= 15 is 0 Å². The second kappa shape index (κ2) is 10.6. The van der Waals surface area contributed by atoms with Gasteiger partial charge in [-0.05, 0) is 77.1 Å². The Morgan fingerprint density at radius 2 is 1.54 bits per heavy atom. The fraction of sp³-hybridized carbons (Fsp3) is 0.240. The molecule has 2 aromatic carbocycles. The van der Waals surface area contributed by atoms with Crippen LogP contribution in [0.1, 0.15) is 32.1 Å². The van der Waals surface area contributed by atoms with Crippen LogP contribution in [0.5, 0.6) is 0 Å². The van der Waals surface area contributed by atoms with E-state index in [1.807, 2.05) is 6.92 Å². The summed E-state index contributed by atoms with van der Waals surface area (Å²) in [7, 11) is -7.56. The Morgan fingerprint density at radius 3 is 2.18 bits per heavy atom. The molecule has 0 saturated carbocycles. The Balaban J connectivity index is 1.49. The third kappa shape index (κ3) is 7.31. The van der Waals surface area contributed by atoms with Gasteiger partial charge in [-0.15, -0.1) is 0 Å². The van der Waals surface area contributed by atoms with Gasteiger partial charge < -0.3 is 15.2 Å². The summed E-state index contributed by atoms with van der Waals surface area (Å²) < 4.78 is 60.6. The summed E-state index contributed by atoms with van der Waals surface area (Å²) in [5, 5.41) is 9.83. The Kier molecular flexibility index (Phi) is 7.63. The van der Waals surface area contributed by atoms with Gasteiger partial charge in [-0.25, -0.2) is 26.5 Å². The number of hydrogen-bond acceptors (Lipinski definition) is 10. The largest absolute Gasteiger partial charge is 0.360 e. The van der Waals surface area contributed by atoms with Crippen molar-refractivity contribution in [3.8, 4) is 0 Å². The maximum absolute atomic E-state index is 12.7. The monoisotopic (exact) mass is 571 g/mol. The first kappa shape index (κ1) is 28.0. The zero-order chi connectivity index (χ0) is 28.4. The molecule has 4 aromatic rings. The molecule has 0 fully saturated rings. The summed E-state index contributed by atoms with van der Waals surface area (Å²) in [4.78, 5) is 8.94. The molecular weight excluding hydrogens is 542 g/mol. The van der Waals surface area contributed by atoms with Gasteiger partial charge in [0.25, 0.3) is 10.0 Å². The van der Waals surface area contributed by atoms with Crippen molar-refractivity contribution >= 4 is 49.0 Å². The molecule has 14 heteroatoms. The first-order valence-electron chi connectivity index (χ1n) is 11.8. The predicted octanol–water partition coefficient (Wildman–Crippen LogP) is 4.45. The summed E-state index contributed by atoms with van der Waals surface area (Å²) in [6.45, 7) is 8.79. The van der Waals surface area contributed by atoms with Crippen molar-refractivity contribution in [3.05, 3.63) is 72.1 Å². The van der Waals surface area contributed by atoms with E-state index in [-0.39, 0.29) is 21.6 Å². The average molecular weight is 572 g/mol. The van der Waals surface area contributed by atoms with Gasteiger partial charge in [-0.3, -0.25) is 4.72 Å². The Hall–Kier alpha value is -4.01. The van der Waals surface area contributed by atoms with Crippen molar-refractivity contribution < 1.29 is 21.4 Å². The normalized spacial score (nSPS) is 12.2. The highest BCUT2D eigenvalue weighted by molar-refractivity contribution is 7.92. The van der Waals surface area contributed by atoms with E-state index in [1.54, 1.807) is 58.2 Å². The zero-order valence-electron chi connectivity index (χ0n) is 22.0. The molecule has 0 spiro atoms. The van der Waals surface area contributed by atoms with Gasteiger partial charge in [0.15, 0.2) is 5.82 Å². The van der Waals surface area contributed by atoms with Crippen molar-refractivity contribution in [1.82, 2.24) is 19.8 Å². The van der Waals surface area contributed by atoms with E-state index in [2.05, 4.69) is 35.2 Å². The minimum absolute atomic E-state index is 0.0386. The van der Waals surface area contributed by atoms with Crippen LogP contribution in [0.2, 0.25) is 0 Å². The predicted molar refractivity (Wildman–Crippen MR) is 148 cm³/mol. The highest BCUT2D eigenvalue weighted by Gasteiger charge is 2.22. The number of sulfonamides is 2. The van der Waals surface area contributed by atoms with Gasteiger partial charge in [0.1, 0.15) is 11.6 Å². The maximum atomic E-state index is 12.7. The van der Waals surface area contributed by atoms with Crippen LogP contribution < -0.4 is 20.1 Å². The molecule has 0 saturated heterocycles. The number of aromatic nitrogens is 3. The second-order valence-corrected chi connectivity index (χ2v) is 13.2. The van der Waals surface area contributed by atoms with Crippen LogP contribution in [0.25, 0.3) is 0 Å². The van der Waals surface area contributed by atoms with Crippen LogP contribution in [0, 0.1) is 13.8 Å². The highest BCUT2D eigenvalue weighted by Crippen LogP contribution is 2.24. The lowest BCUT2D eigenvalue weighted by Gasteiger charge is -2.20. The maximum Gasteiger partial charge on any atom is 0.263 e. The molecule has 0 bridgehead atoms. The number of rotatable bonds is 9. The van der Waals surface area contributed by atoms with E-state index in [9.17, 15) is 16.8 Å². The first-order valence-corrected chi connectivity index (χ1v) is 14.7. The third-order valence-electron chi connectivity index (χ3n) is 5.11. The molecule has 0 amide bonds. The number of anilines is 5. The van der Waals surface area contributed by atoms with Crippen LogP contribution in [0.3, 0.4) is 0 Å². The topological polar surface area (TPSA) is 168 Å². The van der Waals surface area contributed by atoms with Gasteiger partial charge in [0.2, 0.25) is 16.0 Å². The summed E-state index contributed by atoms with van der Waals surface area (Å²) in [6.07, 6.45) is 1.61. The van der Waals surface area contributed by atoms with Gasteiger partial charge in [0.05, 0.1) is 9.79 Å². The van der Waals surface area contributed by atoms with Gasteiger partial charge in [0, 0.05) is 34.7 Å². The fourth-order valence-corrected chi connectivity index (χ4v) is 5.87. The van der Waals surface area contributed by atoms with Crippen molar-refractivity contribution in [2.75, 3.05) is 15.4 Å². The van der Waals surface area contributed by atoms with Gasteiger partial charge >= 0.3 is 0 Å². The van der Waals surface area contributed by atoms with Crippen molar-refractivity contribution in [1.29, 1.82) is 0 Å². The molecule has 0 aliphatic rings. The molecule has 0 unspecified atom stereocenters. The number of nitrogens with zero attached hydrogens (tertiary/aromatic N) is 3. The molecule has 4 N–H and O–H groups in total. The molecule has 0 radical (unpaired) electrons. The molecule has 39 heavy (non-hydrogen) atoms. The van der Waals surface area contributed by atoms with E-state index in [0.29, 0.717) is 23.0 Å². The van der Waals surface area contributed by atoms with Crippen molar-refractivity contribution in [2.24, 2.45) is 0 Å². The lowest BCUT2D eigenvalue weighted by Crippen LogP contribution is -2.40. The van der Waals surface area contributed by atoms with Crippen molar-refractivity contribution in [3.63, 3.8) is 0 Å². The van der Waals surface area contributed by atoms with Crippen LogP contribution in [-0.4, -0.2) is 37.5 Å². The smallest absolute Gasteiger partial charge is 0.263 e. The number of benzene rings is 2. The molecule has 12 nitrogen and oxygen atoms in total. The van der Waals surface area contributed by atoms with Crippen LogP contribution in [0.15, 0.2) is 75.1 Å². The zero-order valence-corrected chi connectivity index (χ0v) is 23.6. The summed E-state index contributed by atoms with van der Waals surface area (Å²) >= 11 is 0. The Labute approximate surface area is 227 Å². The Morgan fingerprint density at radius 1 is 0.821 bits per heavy atom. The standard InChI is InChI=1S/C25H29N7O5S2/c1-16-15-26-24(28-18-9-11-20(12-10-18)38(33,34)31-22-13-17(2)37-30-22)29-23(16)27-19-7-6-8-21(14-19)39(35,36)32-25(3,4)5/h6-15,32H,1-5H3,(H,30,31)(H2,26,27,28,29). The average Bonchev–Trinajstić information content (AvgIpc) is 3.24. The lowest BCUT2D eigenvalue weighted by atomic mass is 10.1. The fourth-order valence-electron chi connectivity index (χ4n) is 3.43. The number of aryl methyl sites for hydroxylation is 2. The molecule has 0 atom stereocenters. The van der Waals surface area contributed by atoms with Crippen molar-refractivity contribution in [2.45, 2.75) is 49.9 Å². The Bertz CT molecular complexity index is 1700. The molecular formula is C25H29N7O5S2.